The Bertz CT molecular complexity index is 299. The number of nitrogens with one attached hydrogen (secondary N) is 1. The second-order valence-corrected chi connectivity index (χ2v) is 6.54. The van der Waals surface area contributed by atoms with Gasteiger partial charge >= 0.3 is 0 Å². The fraction of sp³-hybridized carbons (Fsp3) is 0.933. The average molecular weight is 266 g/mol. The zero-order valence-corrected chi connectivity index (χ0v) is 12.6. The van der Waals surface area contributed by atoms with Gasteiger partial charge in [-0.05, 0) is 31.1 Å². The van der Waals surface area contributed by atoms with Gasteiger partial charge < -0.3 is 4.90 Å². The first-order chi connectivity index (χ1) is 9.17. The van der Waals surface area contributed by atoms with Gasteiger partial charge in [-0.3, -0.25) is 5.43 Å². The van der Waals surface area contributed by atoms with Crippen LogP contribution in [0.3, 0.4) is 0 Å². The van der Waals surface area contributed by atoms with E-state index in [1.165, 1.54) is 51.4 Å². The van der Waals surface area contributed by atoms with Gasteiger partial charge in [0.05, 0.1) is 6.04 Å². The number of rotatable bonds is 2. The minimum absolute atomic E-state index is 0.485. The monoisotopic (exact) mass is 266 g/mol. The van der Waals surface area contributed by atoms with Crippen LogP contribution in [0.5, 0.6) is 0 Å². The molecule has 4 nitrogen and oxygen atoms in total. The van der Waals surface area contributed by atoms with Crippen LogP contribution in [0.2, 0.25) is 0 Å². The van der Waals surface area contributed by atoms with E-state index >= 15 is 0 Å². The molecule has 19 heavy (non-hydrogen) atoms. The van der Waals surface area contributed by atoms with Gasteiger partial charge in [-0.15, -0.1) is 0 Å². The van der Waals surface area contributed by atoms with E-state index < -0.39 is 0 Å². The quantitative estimate of drug-likeness (QED) is 0.350. The van der Waals surface area contributed by atoms with E-state index in [9.17, 15) is 0 Å². The molecule has 1 aliphatic heterocycles. The summed E-state index contributed by atoms with van der Waals surface area (Å²) in [6, 6.07) is 0.485. The van der Waals surface area contributed by atoms with Gasteiger partial charge in [-0.25, -0.2) is 10.8 Å². The van der Waals surface area contributed by atoms with E-state index in [0.29, 0.717) is 11.5 Å². The molecule has 0 spiro atoms. The van der Waals surface area contributed by atoms with Crippen molar-refractivity contribution in [3.05, 3.63) is 0 Å². The summed E-state index contributed by atoms with van der Waals surface area (Å²) >= 11 is 0. The van der Waals surface area contributed by atoms with Crippen LogP contribution in [-0.2, 0) is 0 Å². The highest BCUT2D eigenvalue weighted by Crippen LogP contribution is 2.34. The largest absolute Gasteiger partial charge is 0.342 e. The number of likely N-dealkylation sites (tertiary alicyclic amines) is 1. The van der Waals surface area contributed by atoms with Crippen molar-refractivity contribution in [3.63, 3.8) is 0 Å². The molecular formula is C15H30N4. The third-order valence-electron chi connectivity index (χ3n) is 5.13. The first-order valence-corrected chi connectivity index (χ1v) is 7.96. The lowest BCUT2D eigenvalue weighted by atomic mass is 9.78. The maximum Gasteiger partial charge on any atom is 0.208 e. The van der Waals surface area contributed by atoms with Crippen molar-refractivity contribution >= 4 is 5.96 Å². The van der Waals surface area contributed by atoms with Gasteiger partial charge in [0.15, 0.2) is 0 Å². The van der Waals surface area contributed by atoms with E-state index in [0.717, 1.165) is 19.0 Å². The highest BCUT2D eigenvalue weighted by Gasteiger charge is 2.29. The molecule has 0 aromatic carbocycles. The van der Waals surface area contributed by atoms with Crippen LogP contribution in [0.25, 0.3) is 0 Å². The molecule has 0 bridgehead atoms. The fourth-order valence-corrected chi connectivity index (χ4v) is 3.21. The maximum atomic E-state index is 5.70. The number of hydrazine groups is 1. The number of aliphatic imine (C=N–C) groups is 1. The molecule has 0 amide bonds. The molecule has 0 radical (unpaired) electrons. The molecule has 2 fully saturated rings. The topological polar surface area (TPSA) is 53.6 Å². The minimum Gasteiger partial charge on any atom is -0.342 e. The molecule has 0 unspecified atom stereocenters. The molecule has 0 aromatic rings. The molecule has 2 aliphatic rings. The Labute approximate surface area is 117 Å². The van der Waals surface area contributed by atoms with Crippen LogP contribution in [0, 0.1) is 5.41 Å². The third-order valence-corrected chi connectivity index (χ3v) is 5.13. The molecule has 1 heterocycles. The summed E-state index contributed by atoms with van der Waals surface area (Å²) in [7, 11) is 0. The first-order valence-electron chi connectivity index (χ1n) is 7.96. The van der Waals surface area contributed by atoms with Gasteiger partial charge in [0.2, 0.25) is 5.96 Å². The zero-order chi connectivity index (χ0) is 13.7. The molecule has 2 rings (SSSR count). The lowest BCUT2D eigenvalue weighted by Crippen LogP contribution is -2.50. The molecular weight excluding hydrogens is 236 g/mol. The smallest absolute Gasteiger partial charge is 0.208 e. The van der Waals surface area contributed by atoms with Crippen LogP contribution in [0.4, 0.5) is 0 Å². The Hall–Kier alpha value is -0.770. The predicted octanol–water partition coefficient (Wildman–Crippen LogP) is 2.65. The predicted molar refractivity (Wildman–Crippen MR) is 80.8 cm³/mol. The minimum atomic E-state index is 0.485. The summed E-state index contributed by atoms with van der Waals surface area (Å²) in [6.45, 7) is 6.87. The maximum absolute atomic E-state index is 5.70. The molecule has 3 N–H and O–H groups in total. The summed E-state index contributed by atoms with van der Waals surface area (Å²) in [5.74, 6) is 6.62. The van der Waals surface area contributed by atoms with Gasteiger partial charge in [-0.2, -0.15) is 0 Å². The van der Waals surface area contributed by atoms with Crippen LogP contribution < -0.4 is 11.3 Å². The number of hydrogen-bond acceptors (Lipinski definition) is 2. The number of hydrogen-bond donors (Lipinski definition) is 2. The number of guanidine groups is 1. The highest BCUT2D eigenvalue weighted by atomic mass is 15.4. The van der Waals surface area contributed by atoms with Crippen molar-refractivity contribution in [1.29, 1.82) is 0 Å². The Morgan fingerprint density at radius 1 is 1.26 bits per heavy atom. The Morgan fingerprint density at radius 2 is 1.89 bits per heavy atom. The fourth-order valence-electron chi connectivity index (χ4n) is 3.21. The molecule has 0 atom stereocenters. The molecule has 0 aromatic heterocycles. The normalized spacial score (nSPS) is 25.4. The van der Waals surface area contributed by atoms with Gasteiger partial charge in [0, 0.05) is 13.1 Å². The van der Waals surface area contributed by atoms with E-state index in [1.54, 1.807) is 0 Å². The van der Waals surface area contributed by atoms with Crippen molar-refractivity contribution in [2.45, 2.75) is 71.3 Å². The van der Waals surface area contributed by atoms with E-state index in [-0.39, 0.29) is 0 Å². The lowest BCUT2D eigenvalue weighted by Gasteiger charge is -2.40. The SMILES string of the molecule is CCC1(C)CCN(C(=NC2CCCCC2)NN)CC1. The zero-order valence-electron chi connectivity index (χ0n) is 12.6. The molecule has 4 heteroatoms. The second-order valence-electron chi connectivity index (χ2n) is 6.54. The van der Waals surface area contributed by atoms with Crippen molar-refractivity contribution in [2.75, 3.05) is 13.1 Å². The molecule has 110 valence electrons. The number of nitrogens with zero attached hydrogens (tertiary/aromatic N) is 2. The average Bonchev–Trinajstić information content (AvgIpc) is 2.47. The number of piperidine rings is 1. The summed E-state index contributed by atoms with van der Waals surface area (Å²) in [4.78, 5) is 7.20. The molecule has 1 saturated carbocycles. The van der Waals surface area contributed by atoms with Gasteiger partial charge in [-0.1, -0.05) is 39.5 Å². The van der Waals surface area contributed by atoms with Crippen molar-refractivity contribution in [2.24, 2.45) is 16.3 Å². The Morgan fingerprint density at radius 3 is 2.42 bits per heavy atom. The van der Waals surface area contributed by atoms with Crippen LogP contribution in [0.1, 0.15) is 65.2 Å². The second kappa shape index (κ2) is 6.60. The summed E-state index contributed by atoms with van der Waals surface area (Å²) in [5, 5.41) is 0. The first kappa shape index (κ1) is 14.6. The third kappa shape index (κ3) is 3.85. The van der Waals surface area contributed by atoms with Crippen molar-refractivity contribution < 1.29 is 0 Å². The van der Waals surface area contributed by atoms with E-state index in [4.69, 9.17) is 10.8 Å². The lowest BCUT2D eigenvalue weighted by molar-refractivity contribution is 0.159. The Balaban J connectivity index is 1.93. The van der Waals surface area contributed by atoms with Crippen molar-refractivity contribution in [3.8, 4) is 0 Å². The van der Waals surface area contributed by atoms with Gasteiger partial charge in [0.1, 0.15) is 0 Å². The summed E-state index contributed by atoms with van der Waals surface area (Å²) < 4.78 is 0. The standard InChI is InChI=1S/C15H30N4/c1-3-15(2)9-11-19(12-10-15)14(18-16)17-13-7-5-4-6-8-13/h13H,3-12,16H2,1-2H3,(H,17,18). The van der Waals surface area contributed by atoms with Gasteiger partial charge in [0.25, 0.3) is 0 Å². The summed E-state index contributed by atoms with van der Waals surface area (Å²) in [6.07, 6.45) is 10.2. The van der Waals surface area contributed by atoms with Crippen LogP contribution >= 0.6 is 0 Å². The van der Waals surface area contributed by atoms with E-state index in [1.807, 2.05) is 0 Å². The van der Waals surface area contributed by atoms with E-state index in [2.05, 4.69) is 24.2 Å². The van der Waals surface area contributed by atoms with Crippen LogP contribution in [-0.4, -0.2) is 30.0 Å². The Kier molecular flexibility index (Phi) is 5.08. The van der Waals surface area contributed by atoms with Crippen LogP contribution in [0.15, 0.2) is 4.99 Å². The summed E-state index contributed by atoms with van der Waals surface area (Å²) in [5.41, 5.74) is 3.36. The number of nitrogens with two attached hydrogens (primary N) is 1. The highest BCUT2D eigenvalue weighted by molar-refractivity contribution is 5.79. The molecule has 1 aliphatic carbocycles. The molecule has 1 saturated heterocycles. The van der Waals surface area contributed by atoms with Crippen molar-refractivity contribution in [1.82, 2.24) is 10.3 Å².